The number of methoxy groups -OCH3 is 3. The Balaban J connectivity index is 2.81. The van der Waals surface area contributed by atoms with Crippen molar-refractivity contribution in [1.29, 1.82) is 0 Å². The van der Waals surface area contributed by atoms with Gasteiger partial charge < -0.3 is 19.3 Å². The van der Waals surface area contributed by atoms with Crippen LogP contribution in [0.15, 0.2) is 12.1 Å². The van der Waals surface area contributed by atoms with Crippen molar-refractivity contribution in [2.75, 3.05) is 21.3 Å². The highest BCUT2D eigenvalue weighted by Crippen LogP contribution is 2.36. The Bertz CT molecular complexity index is 489. The Morgan fingerprint density at radius 3 is 2.05 bits per heavy atom. The number of hydrogen-bond acceptors (Lipinski definition) is 6. The van der Waals surface area contributed by atoms with E-state index < -0.39 is 5.97 Å². The molecule has 0 aliphatic carbocycles. The summed E-state index contributed by atoms with van der Waals surface area (Å²) in [6.45, 7) is 0. The fourth-order valence-electron chi connectivity index (χ4n) is 1.65. The number of carboxylic acids is 1. The molecule has 6 nitrogen and oxygen atoms in total. The van der Waals surface area contributed by atoms with E-state index in [4.69, 9.17) is 19.3 Å². The minimum atomic E-state index is -0.983. The highest BCUT2D eigenvalue weighted by Gasteiger charge is 2.15. The standard InChI is InChI=1S/C14H18O6S/c1-18-9-6-11(19-2)10(12(7-9)20-3)8-21-14(17)5-4-13(15)16/h6-7H,4-5,8H2,1-3H3,(H,15,16). The fourth-order valence-corrected chi connectivity index (χ4v) is 2.49. The molecule has 0 fully saturated rings. The number of carboxylic acid groups (broad SMARTS) is 1. The van der Waals surface area contributed by atoms with Gasteiger partial charge in [0.25, 0.3) is 0 Å². The molecule has 1 rings (SSSR count). The van der Waals surface area contributed by atoms with Gasteiger partial charge in [-0.2, -0.15) is 0 Å². The van der Waals surface area contributed by atoms with E-state index >= 15 is 0 Å². The summed E-state index contributed by atoms with van der Waals surface area (Å²) in [7, 11) is 4.58. The van der Waals surface area contributed by atoms with E-state index in [9.17, 15) is 9.59 Å². The molecule has 7 heteroatoms. The van der Waals surface area contributed by atoms with E-state index in [1.54, 1.807) is 12.1 Å². The number of benzene rings is 1. The van der Waals surface area contributed by atoms with Crippen molar-refractivity contribution in [3.63, 3.8) is 0 Å². The van der Waals surface area contributed by atoms with Crippen molar-refractivity contribution in [2.24, 2.45) is 0 Å². The monoisotopic (exact) mass is 314 g/mol. The van der Waals surface area contributed by atoms with Crippen LogP contribution in [0.4, 0.5) is 0 Å². The molecule has 116 valence electrons. The van der Waals surface area contributed by atoms with Crippen LogP contribution in [0.2, 0.25) is 0 Å². The summed E-state index contributed by atoms with van der Waals surface area (Å²) in [6, 6.07) is 3.42. The quantitative estimate of drug-likeness (QED) is 0.788. The average molecular weight is 314 g/mol. The number of carbonyl (C=O) groups excluding carboxylic acids is 1. The molecule has 21 heavy (non-hydrogen) atoms. The van der Waals surface area contributed by atoms with E-state index in [1.807, 2.05) is 0 Å². The van der Waals surface area contributed by atoms with E-state index in [2.05, 4.69) is 0 Å². The Morgan fingerprint density at radius 1 is 1.05 bits per heavy atom. The van der Waals surface area contributed by atoms with Gasteiger partial charge in [0, 0.05) is 29.9 Å². The summed E-state index contributed by atoms with van der Waals surface area (Å²) < 4.78 is 15.7. The van der Waals surface area contributed by atoms with E-state index in [0.717, 1.165) is 17.3 Å². The van der Waals surface area contributed by atoms with Gasteiger partial charge in [0.2, 0.25) is 0 Å². The Kier molecular flexibility index (Phi) is 6.87. The molecule has 0 aromatic heterocycles. The zero-order chi connectivity index (χ0) is 15.8. The predicted octanol–water partition coefficient (Wildman–Crippen LogP) is 2.34. The first-order valence-corrected chi connectivity index (χ1v) is 7.16. The number of rotatable bonds is 8. The van der Waals surface area contributed by atoms with E-state index in [0.29, 0.717) is 23.0 Å². The average Bonchev–Trinajstić information content (AvgIpc) is 2.49. The zero-order valence-electron chi connectivity index (χ0n) is 12.2. The third-order valence-electron chi connectivity index (χ3n) is 2.74. The highest BCUT2D eigenvalue weighted by molar-refractivity contribution is 8.12. The summed E-state index contributed by atoms with van der Waals surface area (Å²) >= 11 is 1.04. The summed E-state index contributed by atoms with van der Waals surface area (Å²) in [4.78, 5) is 22.1. The van der Waals surface area contributed by atoms with Crippen LogP contribution in [0.1, 0.15) is 18.4 Å². The second kappa shape index (κ2) is 8.41. The molecular weight excluding hydrogens is 296 g/mol. The molecule has 0 amide bonds. The Hall–Kier alpha value is -1.89. The van der Waals surface area contributed by atoms with Crippen molar-refractivity contribution in [3.8, 4) is 17.2 Å². The zero-order valence-corrected chi connectivity index (χ0v) is 13.0. The molecule has 1 N–H and O–H groups in total. The summed E-state index contributed by atoms with van der Waals surface area (Å²) in [5.41, 5.74) is 0.731. The Labute approximate surface area is 127 Å². The van der Waals surface area contributed by atoms with Crippen LogP contribution in [-0.4, -0.2) is 37.5 Å². The molecule has 0 heterocycles. The molecule has 1 aromatic rings. The highest BCUT2D eigenvalue weighted by atomic mass is 32.2. The lowest BCUT2D eigenvalue weighted by Gasteiger charge is -2.14. The van der Waals surface area contributed by atoms with Crippen molar-refractivity contribution < 1.29 is 28.9 Å². The van der Waals surface area contributed by atoms with Gasteiger partial charge in [0.15, 0.2) is 5.12 Å². The maximum atomic E-state index is 11.6. The topological polar surface area (TPSA) is 82.1 Å². The van der Waals surface area contributed by atoms with Crippen LogP contribution >= 0.6 is 11.8 Å². The molecule has 0 bridgehead atoms. The van der Waals surface area contributed by atoms with Crippen molar-refractivity contribution >= 4 is 22.8 Å². The van der Waals surface area contributed by atoms with Crippen LogP contribution in [0.5, 0.6) is 17.2 Å². The fraction of sp³-hybridized carbons (Fsp3) is 0.429. The minimum Gasteiger partial charge on any atom is -0.496 e. The molecular formula is C14H18O6S. The number of aliphatic carboxylic acids is 1. The molecule has 0 aliphatic heterocycles. The largest absolute Gasteiger partial charge is 0.496 e. The van der Waals surface area contributed by atoms with E-state index in [-0.39, 0.29) is 18.0 Å². The van der Waals surface area contributed by atoms with Gasteiger partial charge >= 0.3 is 5.97 Å². The number of carbonyl (C=O) groups is 2. The lowest BCUT2D eigenvalue weighted by Crippen LogP contribution is -2.02. The molecule has 1 aromatic carbocycles. The summed E-state index contributed by atoms with van der Waals surface area (Å²) in [6.07, 6.45) is -0.163. The maximum Gasteiger partial charge on any atom is 0.303 e. The van der Waals surface area contributed by atoms with Crippen LogP contribution in [0, 0.1) is 0 Å². The second-order valence-corrected chi connectivity index (χ2v) is 5.10. The van der Waals surface area contributed by atoms with Crippen LogP contribution in [0.3, 0.4) is 0 Å². The van der Waals surface area contributed by atoms with Crippen molar-refractivity contribution in [1.82, 2.24) is 0 Å². The number of thioether (sulfide) groups is 1. The van der Waals surface area contributed by atoms with Gasteiger partial charge in [-0.15, -0.1) is 0 Å². The first kappa shape index (κ1) is 17.2. The molecule has 0 aliphatic rings. The Morgan fingerprint density at radius 2 is 1.62 bits per heavy atom. The molecule has 0 saturated heterocycles. The van der Waals surface area contributed by atoms with Gasteiger partial charge in [0.1, 0.15) is 17.2 Å². The molecule has 0 atom stereocenters. The first-order valence-electron chi connectivity index (χ1n) is 6.18. The minimum absolute atomic E-state index is 0.000779. The number of hydrogen-bond donors (Lipinski definition) is 1. The predicted molar refractivity (Wildman–Crippen MR) is 79.3 cm³/mol. The van der Waals surface area contributed by atoms with Crippen molar-refractivity contribution in [3.05, 3.63) is 17.7 Å². The lowest BCUT2D eigenvalue weighted by atomic mass is 10.2. The normalized spacial score (nSPS) is 10.0. The SMILES string of the molecule is COc1cc(OC)c(CSC(=O)CCC(=O)O)c(OC)c1. The third-order valence-corrected chi connectivity index (χ3v) is 3.70. The second-order valence-electron chi connectivity index (χ2n) is 4.06. The molecule has 0 radical (unpaired) electrons. The number of ether oxygens (including phenoxy) is 3. The lowest BCUT2D eigenvalue weighted by molar-refractivity contribution is -0.137. The summed E-state index contributed by atoms with van der Waals surface area (Å²) in [5, 5.41) is 8.37. The van der Waals surface area contributed by atoms with Gasteiger partial charge in [-0.05, 0) is 0 Å². The third kappa shape index (κ3) is 5.18. The van der Waals surface area contributed by atoms with E-state index in [1.165, 1.54) is 21.3 Å². The van der Waals surface area contributed by atoms with Gasteiger partial charge in [-0.1, -0.05) is 11.8 Å². The summed E-state index contributed by atoms with van der Waals surface area (Å²) in [5.74, 6) is 1.07. The molecule has 0 saturated carbocycles. The van der Waals surface area contributed by atoms with Crippen molar-refractivity contribution in [2.45, 2.75) is 18.6 Å². The smallest absolute Gasteiger partial charge is 0.303 e. The van der Waals surface area contributed by atoms with Crippen LogP contribution in [-0.2, 0) is 15.3 Å². The van der Waals surface area contributed by atoms with Crippen LogP contribution < -0.4 is 14.2 Å². The van der Waals surface area contributed by atoms with Gasteiger partial charge in [-0.25, -0.2) is 0 Å². The first-order chi connectivity index (χ1) is 10.0. The van der Waals surface area contributed by atoms with Gasteiger partial charge in [0.05, 0.1) is 27.8 Å². The van der Waals surface area contributed by atoms with Gasteiger partial charge in [-0.3, -0.25) is 9.59 Å². The maximum absolute atomic E-state index is 11.6. The molecule has 0 unspecified atom stereocenters. The van der Waals surface area contributed by atoms with Crippen LogP contribution in [0.25, 0.3) is 0 Å². The molecule has 0 spiro atoms.